The van der Waals surface area contributed by atoms with Crippen LogP contribution in [0.1, 0.15) is 36.6 Å². The fraction of sp³-hybridized carbons (Fsp3) is 0.296. The molecule has 5 rings (SSSR count). The molecule has 36 heavy (non-hydrogen) atoms. The Bertz CT molecular complexity index is 1530. The van der Waals surface area contributed by atoms with E-state index in [-0.39, 0.29) is 5.91 Å². The molecule has 0 saturated carbocycles. The zero-order valence-electron chi connectivity index (χ0n) is 20.2. The third kappa shape index (κ3) is 4.46. The molecule has 4 heterocycles. The number of amides is 1. The maximum absolute atomic E-state index is 11.6. The number of carbonyl (C=O) groups excluding carboxylic acids is 1. The number of hydrogen-bond donors (Lipinski definition) is 0. The molecule has 0 N–H and O–H groups in total. The standard InChI is InChI=1S/C27H25N7OS/c1-18-24(15-31-33(18)16-20-7-9-32(10-8-20)19(2)35)22-11-26(27-23(13-29)14-30-34(27)17-22)36-25-6-4-3-5-21(25)12-28/h3-6,11,14-15,17,20H,7-10,16H2,1-2H3. The summed E-state index contributed by atoms with van der Waals surface area (Å²) in [6.07, 6.45) is 7.33. The average molecular weight is 496 g/mol. The van der Waals surface area contributed by atoms with Gasteiger partial charge in [0, 0.05) is 59.4 Å². The summed E-state index contributed by atoms with van der Waals surface area (Å²) in [7, 11) is 0. The van der Waals surface area contributed by atoms with E-state index in [0.29, 0.717) is 17.0 Å². The van der Waals surface area contributed by atoms with Crippen LogP contribution in [0.3, 0.4) is 0 Å². The highest BCUT2D eigenvalue weighted by Crippen LogP contribution is 2.37. The van der Waals surface area contributed by atoms with Crippen LogP contribution in [0, 0.1) is 35.5 Å². The molecule has 1 fully saturated rings. The smallest absolute Gasteiger partial charge is 0.219 e. The lowest BCUT2D eigenvalue weighted by molar-refractivity contribution is -0.130. The highest BCUT2D eigenvalue weighted by molar-refractivity contribution is 7.99. The van der Waals surface area contributed by atoms with E-state index in [9.17, 15) is 15.3 Å². The maximum atomic E-state index is 11.6. The molecule has 0 spiro atoms. The summed E-state index contributed by atoms with van der Waals surface area (Å²) in [5.41, 5.74) is 4.81. The third-order valence-electron chi connectivity index (χ3n) is 6.83. The molecule has 0 aliphatic carbocycles. The summed E-state index contributed by atoms with van der Waals surface area (Å²) >= 11 is 1.46. The van der Waals surface area contributed by atoms with Crippen LogP contribution in [0.25, 0.3) is 16.6 Å². The van der Waals surface area contributed by atoms with Crippen molar-refractivity contribution in [1.82, 2.24) is 24.3 Å². The first-order valence-electron chi connectivity index (χ1n) is 11.8. The van der Waals surface area contributed by atoms with Gasteiger partial charge >= 0.3 is 0 Å². The molecule has 1 aliphatic rings. The van der Waals surface area contributed by atoms with E-state index in [1.807, 2.05) is 35.5 Å². The molecule has 1 aromatic carbocycles. The second-order valence-electron chi connectivity index (χ2n) is 9.04. The monoisotopic (exact) mass is 495 g/mol. The van der Waals surface area contributed by atoms with Crippen LogP contribution < -0.4 is 0 Å². The van der Waals surface area contributed by atoms with E-state index in [4.69, 9.17) is 0 Å². The van der Waals surface area contributed by atoms with Gasteiger partial charge in [-0.25, -0.2) is 4.52 Å². The molecule has 4 aromatic rings. The third-order valence-corrected chi connectivity index (χ3v) is 7.94. The van der Waals surface area contributed by atoms with Crippen molar-refractivity contribution in [2.45, 2.75) is 43.0 Å². The van der Waals surface area contributed by atoms with Crippen molar-refractivity contribution in [2.75, 3.05) is 13.1 Å². The second kappa shape index (κ2) is 9.88. The SMILES string of the molecule is CC(=O)N1CCC(Cn2ncc(-c3cc(Sc4ccccc4C#N)c4c(C#N)cnn4c3)c2C)CC1. The minimum absolute atomic E-state index is 0.144. The molecule has 8 nitrogen and oxygen atoms in total. The number of pyridine rings is 1. The van der Waals surface area contributed by atoms with Crippen molar-refractivity contribution < 1.29 is 4.79 Å². The van der Waals surface area contributed by atoms with Crippen LogP contribution in [0.2, 0.25) is 0 Å². The first kappa shape index (κ1) is 23.7. The maximum Gasteiger partial charge on any atom is 0.219 e. The molecule has 0 unspecified atom stereocenters. The van der Waals surface area contributed by atoms with Crippen LogP contribution in [0.5, 0.6) is 0 Å². The highest BCUT2D eigenvalue weighted by atomic mass is 32.2. The van der Waals surface area contributed by atoms with Gasteiger partial charge in [0.15, 0.2) is 0 Å². The van der Waals surface area contributed by atoms with Gasteiger partial charge in [0.25, 0.3) is 0 Å². The summed E-state index contributed by atoms with van der Waals surface area (Å²) in [5, 5.41) is 28.3. The Morgan fingerprint density at radius 2 is 1.83 bits per heavy atom. The van der Waals surface area contributed by atoms with Crippen molar-refractivity contribution in [3.05, 3.63) is 65.7 Å². The Kier molecular flexibility index (Phi) is 6.49. The van der Waals surface area contributed by atoms with Gasteiger partial charge in [0.05, 0.1) is 29.0 Å². The Morgan fingerprint density at radius 1 is 1.08 bits per heavy atom. The topological polar surface area (TPSA) is 103 Å². The molecule has 3 aromatic heterocycles. The van der Waals surface area contributed by atoms with E-state index >= 15 is 0 Å². The predicted molar refractivity (Wildman–Crippen MR) is 136 cm³/mol. The van der Waals surface area contributed by atoms with Crippen molar-refractivity contribution in [2.24, 2.45) is 5.92 Å². The zero-order valence-corrected chi connectivity index (χ0v) is 21.0. The van der Waals surface area contributed by atoms with Crippen LogP contribution in [-0.2, 0) is 11.3 Å². The number of nitrogens with zero attached hydrogens (tertiary/aromatic N) is 7. The minimum atomic E-state index is 0.144. The normalized spacial score (nSPS) is 14.1. The molecule has 9 heteroatoms. The van der Waals surface area contributed by atoms with Gasteiger partial charge in [0.1, 0.15) is 12.1 Å². The number of rotatable bonds is 5. The summed E-state index contributed by atoms with van der Waals surface area (Å²) < 4.78 is 3.79. The summed E-state index contributed by atoms with van der Waals surface area (Å²) in [5.74, 6) is 0.623. The first-order valence-corrected chi connectivity index (χ1v) is 12.7. The fourth-order valence-corrected chi connectivity index (χ4v) is 5.84. The number of piperidine rings is 1. The number of aromatic nitrogens is 4. The lowest BCUT2D eigenvalue weighted by atomic mass is 9.96. The zero-order chi connectivity index (χ0) is 25.2. The van der Waals surface area contributed by atoms with Crippen LogP contribution in [0.15, 0.2) is 58.7 Å². The molecule has 1 saturated heterocycles. The van der Waals surface area contributed by atoms with Crippen molar-refractivity contribution >= 4 is 23.2 Å². The number of fused-ring (bicyclic) bond motifs is 1. The fourth-order valence-electron chi connectivity index (χ4n) is 4.75. The Labute approximate surface area is 213 Å². The van der Waals surface area contributed by atoms with Crippen LogP contribution in [-0.4, -0.2) is 43.3 Å². The van der Waals surface area contributed by atoms with E-state index in [1.165, 1.54) is 11.8 Å². The molecular formula is C27H25N7OS. The number of nitriles is 2. The molecule has 180 valence electrons. The summed E-state index contributed by atoms with van der Waals surface area (Å²) in [4.78, 5) is 15.2. The molecule has 0 radical (unpaired) electrons. The summed E-state index contributed by atoms with van der Waals surface area (Å²) in [6.45, 7) is 6.12. The lowest BCUT2D eigenvalue weighted by Crippen LogP contribution is -2.38. The minimum Gasteiger partial charge on any atom is -0.343 e. The quantitative estimate of drug-likeness (QED) is 0.399. The predicted octanol–water partition coefficient (Wildman–Crippen LogP) is 4.66. The lowest BCUT2D eigenvalue weighted by Gasteiger charge is -2.31. The van der Waals surface area contributed by atoms with Crippen LogP contribution >= 0.6 is 11.8 Å². The van der Waals surface area contributed by atoms with Gasteiger partial charge in [-0.3, -0.25) is 9.48 Å². The van der Waals surface area contributed by atoms with E-state index < -0.39 is 0 Å². The van der Waals surface area contributed by atoms with Gasteiger partial charge in [-0.05, 0) is 43.9 Å². The largest absolute Gasteiger partial charge is 0.343 e. The molecule has 1 aliphatic heterocycles. The van der Waals surface area contributed by atoms with Gasteiger partial charge in [-0.1, -0.05) is 23.9 Å². The number of likely N-dealkylation sites (tertiary alicyclic amines) is 1. The van der Waals surface area contributed by atoms with Crippen molar-refractivity contribution in [1.29, 1.82) is 10.5 Å². The number of carbonyl (C=O) groups is 1. The van der Waals surface area contributed by atoms with E-state index in [0.717, 1.165) is 64.6 Å². The molecule has 0 atom stereocenters. The first-order chi connectivity index (χ1) is 17.5. The van der Waals surface area contributed by atoms with Gasteiger partial charge in [-0.15, -0.1) is 0 Å². The Hall–Kier alpha value is -4.08. The Morgan fingerprint density at radius 3 is 2.56 bits per heavy atom. The highest BCUT2D eigenvalue weighted by Gasteiger charge is 2.23. The number of benzene rings is 1. The summed E-state index contributed by atoms with van der Waals surface area (Å²) in [6, 6.07) is 14.0. The Balaban J connectivity index is 1.48. The second-order valence-corrected chi connectivity index (χ2v) is 10.1. The van der Waals surface area contributed by atoms with E-state index in [1.54, 1.807) is 23.7 Å². The van der Waals surface area contributed by atoms with Gasteiger partial charge in [0.2, 0.25) is 5.91 Å². The number of hydrogen-bond acceptors (Lipinski definition) is 6. The van der Waals surface area contributed by atoms with E-state index in [2.05, 4.69) is 40.0 Å². The average Bonchev–Trinajstić information content (AvgIpc) is 3.48. The molecule has 1 amide bonds. The van der Waals surface area contributed by atoms with Gasteiger partial charge < -0.3 is 4.90 Å². The van der Waals surface area contributed by atoms with Crippen molar-refractivity contribution in [3.63, 3.8) is 0 Å². The molecule has 0 bridgehead atoms. The van der Waals surface area contributed by atoms with Crippen molar-refractivity contribution in [3.8, 4) is 23.3 Å². The van der Waals surface area contributed by atoms with Crippen LogP contribution in [0.4, 0.5) is 0 Å². The molecular weight excluding hydrogens is 470 g/mol. The van der Waals surface area contributed by atoms with Gasteiger partial charge in [-0.2, -0.15) is 20.7 Å².